The van der Waals surface area contributed by atoms with Crippen LogP contribution >= 0.6 is 11.3 Å². The molecular weight excluding hydrogens is 202 g/mol. The zero-order chi connectivity index (χ0) is 9.84. The van der Waals surface area contributed by atoms with Gasteiger partial charge in [-0.15, -0.1) is 11.3 Å². The van der Waals surface area contributed by atoms with Gasteiger partial charge >= 0.3 is 5.97 Å². The minimum absolute atomic E-state index is 0.160. The van der Waals surface area contributed by atoms with Crippen LogP contribution in [0.2, 0.25) is 0 Å². The molecule has 0 spiro atoms. The van der Waals surface area contributed by atoms with E-state index in [1.54, 1.807) is 0 Å². The Morgan fingerprint density at radius 1 is 1.77 bits per heavy atom. The van der Waals surface area contributed by atoms with Crippen molar-refractivity contribution in [3.05, 3.63) is 11.2 Å². The number of carboxylic acid groups (broad SMARTS) is 1. The van der Waals surface area contributed by atoms with Crippen LogP contribution in [0.1, 0.15) is 10.5 Å². The number of thiazole rings is 1. The van der Waals surface area contributed by atoms with E-state index in [0.717, 1.165) is 11.3 Å². The molecule has 13 heavy (non-hydrogen) atoms. The summed E-state index contributed by atoms with van der Waals surface area (Å²) in [6.07, 6.45) is -2.51. The van der Waals surface area contributed by atoms with E-state index < -0.39 is 18.9 Å². The number of nitrogens with one attached hydrogen (secondary N) is 1. The summed E-state index contributed by atoms with van der Waals surface area (Å²) in [7, 11) is 0. The van der Waals surface area contributed by atoms with Crippen LogP contribution in [0.15, 0.2) is 5.51 Å². The number of aromatic nitrogens is 1. The molecule has 0 bridgehead atoms. The number of hydrogen-bond acceptors (Lipinski definition) is 4. The lowest BCUT2D eigenvalue weighted by Gasteiger charge is -2.01. The molecule has 2 N–H and O–H groups in total. The highest BCUT2D eigenvalue weighted by atomic mass is 32.1. The number of rotatable bonds is 4. The number of hydrogen-bond donors (Lipinski definition) is 2. The third kappa shape index (κ3) is 2.62. The molecule has 1 rings (SSSR count). The van der Waals surface area contributed by atoms with Crippen molar-refractivity contribution in [1.82, 2.24) is 4.98 Å². The van der Waals surface area contributed by atoms with Crippen LogP contribution in [0.4, 0.5) is 13.8 Å². The summed E-state index contributed by atoms with van der Waals surface area (Å²) in [5, 5.41) is 11.0. The second-order valence-electron chi connectivity index (χ2n) is 2.11. The maximum Gasteiger partial charge on any atom is 0.357 e. The number of anilines is 1. The largest absolute Gasteiger partial charge is 0.476 e. The van der Waals surface area contributed by atoms with Gasteiger partial charge in [-0.25, -0.2) is 18.6 Å². The average molecular weight is 208 g/mol. The molecule has 1 heterocycles. The molecule has 0 aliphatic heterocycles. The van der Waals surface area contributed by atoms with E-state index in [1.807, 2.05) is 0 Å². The first-order valence-corrected chi connectivity index (χ1v) is 4.18. The van der Waals surface area contributed by atoms with E-state index in [-0.39, 0.29) is 10.7 Å². The fourth-order valence-electron chi connectivity index (χ4n) is 0.694. The first-order chi connectivity index (χ1) is 6.11. The molecule has 0 aliphatic rings. The normalized spacial score (nSPS) is 10.4. The van der Waals surface area contributed by atoms with Crippen LogP contribution in [0.5, 0.6) is 0 Å². The van der Waals surface area contributed by atoms with Gasteiger partial charge < -0.3 is 10.4 Å². The summed E-state index contributed by atoms with van der Waals surface area (Å²) in [6.45, 7) is -0.567. The second kappa shape index (κ2) is 4.13. The molecule has 7 heteroatoms. The van der Waals surface area contributed by atoms with Gasteiger partial charge in [0.15, 0.2) is 5.69 Å². The molecule has 0 saturated carbocycles. The maximum absolute atomic E-state index is 11.7. The van der Waals surface area contributed by atoms with Crippen molar-refractivity contribution in [2.45, 2.75) is 6.43 Å². The van der Waals surface area contributed by atoms with Crippen molar-refractivity contribution >= 4 is 22.3 Å². The van der Waals surface area contributed by atoms with E-state index in [9.17, 15) is 13.6 Å². The number of nitrogens with zero attached hydrogens (tertiary/aromatic N) is 1. The Kier molecular flexibility index (Phi) is 3.13. The second-order valence-corrected chi connectivity index (χ2v) is 2.96. The van der Waals surface area contributed by atoms with Gasteiger partial charge in [-0.3, -0.25) is 0 Å². The lowest BCUT2D eigenvalue weighted by atomic mass is 10.4. The number of halogens is 2. The molecule has 1 aromatic heterocycles. The first kappa shape index (κ1) is 9.85. The van der Waals surface area contributed by atoms with Gasteiger partial charge in [0.05, 0.1) is 12.1 Å². The average Bonchev–Trinajstić information content (AvgIpc) is 2.47. The number of carbonyl (C=O) groups is 1. The molecule has 0 atom stereocenters. The molecule has 1 aromatic rings. The molecule has 0 aromatic carbocycles. The van der Waals surface area contributed by atoms with E-state index in [4.69, 9.17) is 5.11 Å². The standard InChI is InChI=1S/C6H6F2N2O2S/c7-3(8)1-9-5-4(6(11)12)10-2-13-5/h2-3,9H,1H2,(H,11,12). The van der Waals surface area contributed by atoms with E-state index in [2.05, 4.69) is 10.3 Å². The summed E-state index contributed by atoms with van der Waals surface area (Å²) in [6, 6.07) is 0. The number of aromatic carboxylic acids is 1. The predicted octanol–water partition coefficient (Wildman–Crippen LogP) is 1.52. The van der Waals surface area contributed by atoms with E-state index in [1.165, 1.54) is 5.51 Å². The van der Waals surface area contributed by atoms with Gasteiger partial charge in [0.1, 0.15) is 5.00 Å². The van der Waals surface area contributed by atoms with Crippen LogP contribution < -0.4 is 5.32 Å². The maximum atomic E-state index is 11.7. The third-order valence-electron chi connectivity index (χ3n) is 1.19. The third-order valence-corrected chi connectivity index (χ3v) is 1.97. The molecule has 0 unspecified atom stereocenters. The Morgan fingerprint density at radius 3 is 3.00 bits per heavy atom. The first-order valence-electron chi connectivity index (χ1n) is 3.30. The molecule has 0 fully saturated rings. The molecule has 72 valence electrons. The quantitative estimate of drug-likeness (QED) is 0.787. The highest BCUT2D eigenvalue weighted by Gasteiger charge is 2.14. The Labute approximate surface area is 76.2 Å². The van der Waals surface area contributed by atoms with Crippen LogP contribution in [0.25, 0.3) is 0 Å². The summed E-state index contributed by atoms with van der Waals surface area (Å²) >= 11 is 0.983. The predicted molar refractivity (Wildman–Crippen MR) is 43.6 cm³/mol. The van der Waals surface area contributed by atoms with Gasteiger partial charge in [0.2, 0.25) is 0 Å². The van der Waals surface area contributed by atoms with Crippen molar-refractivity contribution in [2.24, 2.45) is 0 Å². The molecule has 0 radical (unpaired) electrons. The Balaban J connectivity index is 2.65. The van der Waals surface area contributed by atoms with Crippen molar-refractivity contribution in [1.29, 1.82) is 0 Å². The topological polar surface area (TPSA) is 62.2 Å². The van der Waals surface area contributed by atoms with Crippen molar-refractivity contribution in [3.63, 3.8) is 0 Å². The molecular formula is C6H6F2N2O2S. The highest BCUT2D eigenvalue weighted by Crippen LogP contribution is 2.19. The van der Waals surface area contributed by atoms with Gasteiger partial charge in [0.25, 0.3) is 6.43 Å². The summed E-state index contributed by atoms with van der Waals surface area (Å²) in [4.78, 5) is 13.9. The Bertz CT molecular complexity index is 303. The number of carboxylic acids is 1. The molecule has 0 aliphatic carbocycles. The fraction of sp³-hybridized carbons (Fsp3) is 0.333. The SMILES string of the molecule is O=C(O)c1ncsc1NCC(F)F. The van der Waals surface area contributed by atoms with Gasteiger partial charge in [-0.05, 0) is 0 Å². The van der Waals surface area contributed by atoms with Crippen molar-refractivity contribution < 1.29 is 18.7 Å². The summed E-state index contributed by atoms with van der Waals surface area (Å²) in [5.41, 5.74) is 1.07. The van der Waals surface area contributed by atoms with Gasteiger partial charge in [-0.1, -0.05) is 0 Å². The van der Waals surface area contributed by atoms with Gasteiger partial charge in [0, 0.05) is 0 Å². The monoisotopic (exact) mass is 208 g/mol. The van der Waals surface area contributed by atoms with Crippen LogP contribution in [0, 0.1) is 0 Å². The number of alkyl halides is 2. The lowest BCUT2D eigenvalue weighted by molar-refractivity contribution is 0.0692. The van der Waals surface area contributed by atoms with Crippen molar-refractivity contribution in [2.75, 3.05) is 11.9 Å². The minimum Gasteiger partial charge on any atom is -0.476 e. The smallest absolute Gasteiger partial charge is 0.357 e. The summed E-state index contributed by atoms with van der Waals surface area (Å²) in [5.74, 6) is -1.22. The van der Waals surface area contributed by atoms with Crippen LogP contribution in [-0.2, 0) is 0 Å². The minimum atomic E-state index is -2.51. The lowest BCUT2D eigenvalue weighted by Crippen LogP contribution is -2.11. The van der Waals surface area contributed by atoms with Gasteiger partial charge in [-0.2, -0.15) is 0 Å². The van der Waals surface area contributed by atoms with Crippen molar-refractivity contribution in [3.8, 4) is 0 Å². The molecule has 4 nitrogen and oxygen atoms in total. The molecule has 0 amide bonds. The summed E-state index contributed by atoms with van der Waals surface area (Å²) < 4.78 is 23.5. The Hall–Kier alpha value is -1.24. The highest BCUT2D eigenvalue weighted by molar-refractivity contribution is 7.14. The zero-order valence-corrected chi connectivity index (χ0v) is 7.15. The zero-order valence-electron chi connectivity index (χ0n) is 6.33. The molecule has 0 saturated heterocycles. The van der Waals surface area contributed by atoms with E-state index >= 15 is 0 Å². The fourth-order valence-corrected chi connectivity index (χ4v) is 1.38. The Morgan fingerprint density at radius 2 is 2.46 bits per heavy atom. The van der Waals surface area contributed by atoms with Crippen LogP contribution in [0.3, 0.4) is 0 Å². The van der Waals surface area contributed by atoms with Crippen LogP contribution in [-0.4, -0.2) is 29.0 Å². The van der Waals surface area contributed by atoms with E-state index in [0.29, 0.717) is 0 Å².